The Morgan fingerprint density at radius 3 is 2.12 bits per heavy atom. The highest BCUT2D eigenvalue weighted by Crippen LogP contribution is 2.16. The van der Waals surface area contributed by atoms with Crippen LogP contribution in [0.5, 0.6) is 0 Å². The highest BCUT2D eigenvalue weighted by molar-refractivity contribution is 7.88. The maximum Gasteiger partial charge on any atom is 0.243 e. The molecule has 0 radical (unpaired) electrons. The van der Waals surface area contributed by atoms with Gasteiger partial charge in [-0.1, -0.05) is 60.7 Å². The zero-order valence-corrected chi connectivity index (χ0v) is 20.1. The molecular formula is C25H29N3O5S. The molecule has 0 fully saturated rings. The van der Waals surface area contributed by atoms with Crippen LogP contribution in [-0.2, 0) is 39.1 Å². The zero-order chi connectivity index (χ0) is 24.6. The normalized spacial score (nSPS) is 12.3. The molecule has 8 nitrogen and oxygen atoms in total. The summed E-state index contributed by atoms with van der Waals surface area (Å²) in [5.74, 6) is -0.234. The molecule has 34 heavy (non-hydrogen) atoms. The van der Waals surface area contributed by atoms with Crippen molar-refractivity contribution in [1.29, 1.82) is 0 Å². The number of benzene rings is 2. The quantitative estimate of drug-likeness (QED) is 0.452. The van der Waals surface area contributed by atoms with E-state index < -0.39 is 22.0 Å². The average Bonchev–Trinajstić information content (AvgIpc) is 3.34. The fraction of sp³-hybridized carbons (Fsp3) is 0.280. The predicted molar refractivity (Wildman–Crippen MR) is 129 cm³/mol. The van der Waals surface area contributed by atoms with Crippen LogP contribution < -0.4 is 5.32 Å². The van der Waals surface area contributed by atoms with Gasteiger partial charge in [0.05, 0.1) is 25.6 Å². The minimum atomic E-state index is -3.58. The molecule has 0 spiro atoms. The molecule has 0 saturated carbocycles. The SMILES string of the molecule is CN(CC(=O)N(Cc1ccccc1)C(Cc1ccccc1)C(=O)NCc1ccco1)S(C)(=O)=O. The fourth-order valence-electron chi connectivity index (χ4n) is 3.44. The van der Waals surface area contributed by atoms with Crippen LogP contribution in [0.4, 0.5) is 0 Å². The second kappa shape index (κ2) is 11.6. The lowest BCUT2D eigenvalue weighted by Gasteiger charge is -2.32. The van der Waals surface area contributed by atoms with E-state index in [-0.39, 0.29) is 32.0 Å². The first kappa shape index (κ1) is 25.2. The van der Waals surface area contributed by atoms with Crippen molar-refractivity contribution in [3.05, 3.63) is 95.9 Å². The molecule has 1 aromatic heterocycles. The molecule has 2 amide bonds. The molecule has 9 heteroatoms. The van der Waals surface area contributed by atoms with E-state index in [1.165, 1.54) is 18.2 Å². The second-order valence-corrected chi connectivity index (χ2v) is 10.1. The third kappa shape index (κ3) is 7.29. The summed E-state index contributed by atoms with van der Waals surface area (Å²) in [6.45, 7) is -0.0426. The lowest BCUT2D eigenvalue weighted by molar-refractivity contribution is -0.141. The van der Waals surface area contributed by atoms with Crippen LogP contribution in [0.1, 0.15) is 16.9 Å². The van der Waals surface area contributed by atoms with E-state index in [9.17, 15) is 18.0 Å². The number of hydrogen-bond acceptors (Lipinski definition) is 5. The molecular weight excluding hydrogens is 454 g/mol. The van der Waals surface area contributed by atoms with E-state index in [1.54, 1.807) is 12.1 Å². The maximum atomic E-state index is 13.4. The largest absolute Gasteiger partial charge is 0.467 e. The maximum absolute atomic E-state index is 13.4. The molecule has 1 atom stereocenters. The summed E-state index contributed by atoms with van der Waals surface area (Å²) in [5.41, 5.74) is 1.71. The third-order valence-corrected chi connectivity index (χ3v) is 6.67. The summed E-state index contributed by atoms with van der Waals surface area (Å²) in [6.07, 6.45) is 2.83. The topological polar surface area (TPSA) is 99.9 Å². The van der Waals surface area contributed by atoms with Gasteiger partial charge in [0.25, 0.3) is 0 Å². The van der Waals surface area contributed by atoms with Gasteiger partial charge < -0.3 is 14.6 Å². The Hall–Kier alpha value is -3.43. The van der Waals surface area contributed by atoms with Gasteiger partial charge in [0.1, 0.15) is 11.8 Å². The molecule has 180 valence electrons. The fourth-order valence-corrected chi connectivity index (χ4v) is 3.78. The Morgan fingerprint density at radius 1 is 0.941 bits per heavy atom. The van der Waals surface area contributed by atoms with Crippen LogP contribution in [0.2, 0.25) is 0 Å². The number of nitrogens with zero attached hydrogens (tertiary/aromatic N) is 2. The van der Waals surface area contributed by atoms with Crippen LogP contribution in [0.25, 0.3) is 0 Å². The first-order valence-corrected chi connectivity index (χ1v) is 12.7. The average molecular weight is 484 g/mol. The van der Waals surface area contributed by atoms with Crippen molar-refractivity contribution in [1.82, 2.24) is 14.5 Å². The van der Waals surface area contributed by atoms with E-state index in [0.29, 0.717) is 5.76 Å². The van der Waals surface area contributed by atoms with Crippen LogP contribution in [0, 0.1) is 0 Å². The van der Waals surface area contributed by atoms with Gasteiger partial charge in [-0.05, 0) is 23.3 Å². The lowest BCUT2D eigenvalue weighted by atomic mass is 10.0. The Morgan fingerprint density at radius 2 is 1.56 bits per heavy atom. The van der Waals surface area contributed by atoms with Gasteiger partial charge in [0.15, 0.2) is 0 Å². The van der Waals surface area contributed by atoms with Crippen LogP contribution in [0.3, 0.4) is 0 Å². The monoisotopic (exact) mass is 483 g/mol. The molecule has 1 N–H and O–H groups in total. The van der Waals surface area contributed by atoms with E-state index in [0.717, 1.165) is 21.7 Å². The predicted octanol–water partition coefficient (Wildman–Crippen LogP) is 2.43. The van der Waals surface area contributed by atoms with Crippen molar-refractivity contribution < 1.29 is 22.4 Å². The minimum Gasteiger partial charge on any atom is -0.467 e. The van der Waals surface area contributed by atoms with Crippen LogP contribution >= 0.6 is 0 Å². The first-order chi connectivity index (χ1) is 16.2. The van der Waals surface area contributed by atoms with Crippen LogP contribution in [0.15, 0.2) is 83.5 Å². The van der Waals surface area contributed by atoms with Crippen molar-refractivity contribution in [3.63, 3.8) is 0 Å². The molecule has 1 unspecified atom stereocenters. The van der Waals surface area contributed by atoms with E-state index in [4.69, 9.17) is 4.42 Å². The smallest absolute Gasteiger partial charge is 0.243 e. The minimum absolute atomic E-state index is 0.156. The second-order valence-electron chi connectivity index (χ2n) is 8.03. The van der Waals surface area contributed by atoms with Crippen LogP contribution in [-0.4, -0.2) is 55.3 Å². The molecule has 0 aliphatic rings. The van der Waals surface area contributed by atoms with Crippen molar-refractivity contribution >= 4 is 21.8 Å². The molecule has 3 rings (SSSR count). The highest BCUT2D eigenvalue weighted by atomic mass is 32.2. The summed E-state index contributed by atoms with van der Waals surface area (Å²) >= 11 is 0. The van der Waals surface area contributed by atoms with Gasteiger partial charge in [-0.3, -0.25) is 9.59 Å². The first-order valence-electron chi connectivity index (χ1n) is 10.8. The van der Waals surface area contributed by atoms with Crippen molar-refractivity contribution in [2.24, 2.45) is 0 Å². The Kier molecular flexibility index (Phi) is 8.61. The Labute approximate surface area is 200 Å². The van der Waals surface area contributed by atoms with E-state index in [1.807, 2.05) is 60.7 Å². The molecule has 1 heterocycles. The van der Waals surface area contributed by atoms with E-state index in [2.05, 4.69) is 5.32 Å². The van der Waals surface area contributed by atoms with E-state index >= 15 is 0 Å². The lowest BCUT2D eigenvalue weighted by Crippen LogP contribution is -2.52. The summed E-state index contributed by atoms with van der Waals surface area (Å²) in [7, 11) is -2.23. The number of amides is 2. The van der Waals surface area contributed by atoms with Gasteiger partial charge >= 0.3 is 0 Å². The molecule has 3 aromatic rings. The summed E-state index contributed by atoms with van der Waals surface area (Å²) in [6, 6.07) is 21.3. The molecule has 2 aromatic carbocycles. The number of sulfonamides is 1. The molecule has 0 saturated heterocycles. The van der Waals surface area contributed by atoms with Gasteiger partial charge in [-0.15, -0.1) is 0 Å². The number of nitrogens with one attached hydrogen (secondary N) is 1. The number of rotatable bonds is 11. The Bertz CT molecular complexity index is 1170. The van der Waals surface area contributed by atoms with Crippen molar-refractivity contribution in [2.75, 3.05) is 19.8 Å². The standard InChI is InChI=1S/C25H29N3O5S/c1-27(34(2,31)32)19-24(29)28(18-21-12-7-4-8-13-21)23(16-20-10-5-3-6-11-20)25(30)26-17-22-14-9-15-33-22/h3-15,23H,16-19H2,1-2H3,(H,26,30). The molecule has 0 aliphatic heterocycles. The Balaban J connectivity index is 1.92. The number of likely N-dealkylation sites (N-methyl/N-ethyl adjacent to an activating group) is 1. The molecule has 0 aliphatic carbocycles. The summed E-state index contributed by atoms with van der Waals surface area (Å²) in [4.78, 5) is 28.2. The number of carbonyl (C=O) groups is 2. The number of carbonyl (C=O) groups excluding carboxylic acids is 2. The number of furan rings is 1. The number of hydrogen-bond donors (Lipinski definition) is 1. The zero-order valence-electron chi connectivity index (χ0n) is 19.3. The molecule has 0 bridgehead atoms. The van der Waals surface area contributed by atoms with Gasteiger partial charge in [0.2, 0.25) is 21.8 Å². The summed E-state index contributed by atoms with van der Waals surface area (Å²) in [5, 5.41) is 2.85. The van der Waals surface area contributed by atoms with Crippen molar-refractivity contribution in [2.45, 2.75) is 25.6 Å². The van der Waals surface area contributed by atoms with Gasteiger partial charge in [0, 0.05) is 20.0 Å². The van der Waals surface area contributed by atoms with Gasteiger partial charge in [-0.25, -0.2) is 8.42 Å². The van der Waals surface area contributed by atoms with Crippen molar-refractivity contribution in [3.8, 4) is 0 Å². The highest BCUT2D eigenvalue weighted by Gasteiger charge is 2.31. The summed E-state index contributed by atoms with van der Waals surface area (Å²) < 4.78 is 30.2. The third-order valence-electron chi connectivity index (χ3n) is 5.41. The van der Waals surface area contributed by atoms with Gasteiger partial charge in [-0.2, -0.15) is 4.31 Å².